The van der Waals surface area contributed by atoms with Crippen molar-refractivity contribution in [3.8, 4) is 0 Å². The number of carbonyl (C=O) groups excluding carboxylic acids is 2. The Morgan fingerprint density at radius 2 is 1.86 bits per heavy atom. The van der Waals surface area contributed by atoms with Gasteiger partial charge >= 0.3 is 0 Å². The number of nitrogens with one attached hydrogen (secondary N) is 2. The van der Waals surface area contributed by atoms with Crippen LogP contribution in [0.25, 0.3) is 5.52 Å². The molecule has 28 heavy (non-hydrogen) atoms. The predicted octanol–water partition coefficient (Wildman–Crippen LogP) is 3.96. The molecule has 2 N–H and O–H groups in total. The van der Waals surface area contributed by atoms with Crippen molar-refractivity contribution in [2.24, 2.45) is 0 Å². The Labute approximate surface area is 164 Å². The fraction of sp³-hybridized carbons (Fsp3) is 0.318. The van der Waals surface area contributed by atoms with Gasteiger partial charge in [0.25, 0.3) is 11.8 Å². The molecule has 4 rings (SSSR count). The van der Waals surface area contributed by atoms with Crippen molar-refractivity contribution in [3.63, 3.8) is 0 Å². The second kappa shape index (κ2) is 7.84. The minimum atomic E-state index is -0.344. The monoisotopic (exact) mass is 376 g/mol. The van der Waals surface area contributed by atoms with E-state index in [1.165, 1.54) is 6.42 Å². The van der Waals surface area contributed by atoms with Crippen LogP contribution in [0.5, 0.6) is 0 Å². The number of nitrogens with zero attached hydrogens (tertiary/aromatic N) is 2. The van der Waals surface area contributed by atoms with Crippen LogP contribution in [0.4, 0.5) is 5.69 Å². The summed E-state index contributed by atoms with van der Waals surface area (Å²) in [4.78, 5) is 30.1. The minimum absolute atomic E-state index is 0.186. The Bertz CT molecular complexity index is 1020. The van der Waals surface area contributed by atoms with E-state index >= 15 is 0 Å². The molecule has 2 heterocycles. The standard InChI is InChI=1S/C22H24N4O2/c1-15-8-7-11-17(14-15)24-22(28)20-25-19(18-12-5-6-13-26(18)20)21(27)23-16-9-3-2-4-10-16/h5-8,11-14,16H,2-4,9-10H2,1H3,(H,23,27)(H,24,28). The van der Waals surface area contributed by atoms with Gasteiger partial charge in [-0.3, -0.25) is 14.0 Å². The maximum atomic E-state index is 12.8. The first-order valence-corrected chi connectivity index (χ1v) is 9.78. The van der Waals surface area contributed by atoms with E-state index in [0.717, 1.165) is 31.2 Å². The van der Waals surface area contributed by atoms with Gasteiger partial charge in [-0.15, -0.1) is 0 Å². The summed E-state index contributed by atoms with van der Waals surface area (Å²) in [7, 11) is 0. The molecule has 1 aliphatic rings. The average molecular weight is 376 g/mol. The van der Waals surface area contributed by atoms with E-state index in [2.05, 4.69) is 15.6 Å². The maximum absolute atomic E-state index is 12.8. The fourth-order valence-electron chi connectivity index (χ4n) is 3.78. The van der Waals surface area contributed by atoms with Crippen LogP contribution in [0.1, 0.15) is 58.8 Å². The molecule has 6 heteroatoms. The summed E-state index contributed by atoms with van der Waals surface area (Å²) in [6, 6.07) is 13.2. The number of aromatic nitrogens is 2. The van der Waals surface area contributed by atoms with Crippen LogP contribution in [0.3, 0.4) is 0 Å². The zero-order valence-corrected chi connectivity index (χ0v) is 15.9. The number of rotatable bonds is 4. The second-order valence-corrected chi connectivity index (χ2v) is 7.37. The number of imidazole rings is 1. The molecule has 0 unspecified atom stereocenters. The Kier molecular flexibility index (Phi) is 5.10. The summed E-state index contributed by atoms with van der Waals surface area (Å²) in [6.45, 7) is 1.97. The molecule has 1 aromatic carbocycles. The van der Waals surface area contributed by atoms with E-state index < -0.39 is 0 Å². The quantitative estimate of drug-likeness (QED) is 0.724. The Hall–Kier alpha value is -3.15. The van der Waals surface area contributed by atoms with Crippen molar-refractivity contribution in [2.75, 3.05) is 5.32 Å². The van der Waals surface area contributed by atoms with Gasteiger partial charge in [0.05, 0.1) is 5.52 Å². The molecule has 144 valence electrons. The number of benzene rings is 1. The molecule has 0 radical (unpaired) electrons. The van der Waals surface area contributed by atoms with Crippen LogP contribution in [-0.2, 0) is 0 Å². The van der Waals surface area contributed by atoms with Crippen molar-refractivity contribution >= 4 is 23.0 Å². The molecule has 3 aromatic rings. The van der Waals surface area contributed by atoms with Gasteiger partial charge in [0.1, 0.15) is 0 Å². The molecule has 1 saturated carbocycles. The van der Waals surface area contributed by atoms with Crippen LogP contribution >= 0.6 is 0 Å². The molecule has 0 aliphatic heterocycles. The molecule has 2 aromatic heterocycles. The van der Waals surface area contributed by atoms with Crippen LogP contribution in [-0.4, -0.2) is 27.2 Å². The summed E-state index contributed by atoms with van der Waals surface area (Å²) >= 11 is 0. The van der Waals surface area contributed by atoms with Gasteiger partial charge in [-0.25, -0.2) is 4.98 Å². The second-order valence-electron chi connectivity index (χ2n) is 7.37. The number of anilines is 1. The molecule has 0 spiro atoms. The van der Waals surface area contributed by atoms with E-state index in [1.54, 1.807) is 10.6 Å². The lowest BCUT2D eigenvalue weighted by atomic mass is 9.95. The predicted molar refractivity (Wildman–Crippen MR) is 109 cm³/mol. The maximum Gasteiger partial charge on any atom is 0.292 e. The Balaban J connectivity index is 1.62. The highest BCUT2D eigenvalue weighted by Crippen LogP contribution is 2.20. The van der Waals surface area contributed by atoms with Gasteiger partial charge < -0.3 is 10.6 Å². The van der Waals surface area contributed by atoms with Gasteiger partial charge in [0, 0.05) is 17.9 Å². The summed E-state index contributed by atoms with van der Waals surface area (Å²) in [5.74, 6) is -0.361. The lowest BCUT2D eigenvalue weighted by molar-refractivity contribution is 0.0925. The first kappa shape index (κ1) is 18.2. The topological polar surface area (TPSA) is 75.5 Å². The molecule has 1 fully saturated rings. The highest BCUT2D eigenvalue weighted by Gasteiger charge is 2.24. The van der Waals surface area contributed by atoms with Crippen molar-refractivity contribution in [1.82, 2.24) is 14.7 Å². The summed E-state index contributed by atoms with van der Waals surface area (Å²) in [5.41, 5.74) is 2.68. The smallest absolute Gasteiger partial charge is 0.292 e. The third-order valence-electron chi connectivity index (χ3n) is 5.18. The molecular weight excluding hydrogens is 352 g/mol. The summed E-state index contributed by atoms with van der Waals surface area (Å²) in [6.07, 6.45) is 7.25. The normalized spacial score (nSPS) is 14.8. The first-order chi connectivity index (χ1) is 13.6. The third kappa shape index (κ3) is 3.76. The molecule has 0 bridgehead atoms. The van der Waals surface area contributed by atoms with Gasteiger partial charge in [0.15, 0.2) is 5.69 Å². The number of amides is 2. The fourth-order valence-corrected chi connectivity index (χ4v) is 3.78. The van der Waals surface area contributed by atoms with Gasteiger partial charge in [-0.1, -0.05) is 37.5 Å². The molecule has 0 saturated heterocycles. The average Bonchev–Trinajstić information content (AvgIpc) is 3.09. The highest BCUT2D eigenvalue weighted by atomic mass is 16.2. The van der Waals surface area contributed by atoms with E-state index in [1.807, 2.05) is 49.4 Å². The number of fused-ring (bicyclic) bond motifs is 1. The van der Waals surface area contributed by atoms with Crippen LogP contribution < -0.4 is 10.6 Å². The number of hydrogen-bond donors (Lipinski definition) is 2. The number of hydrogen-bond acceptors (Lipinski definition) is 3. The Morgan fingerprint density at radius 3 is 2.64 bits per heavy atom. The SMILES string of the molecule is Cc1cccc(NC(=O)c2nc(C(=O)NC3CCCCC3)c3ccccn23)c1. The van der Waals surface area contributed by atoms with Crippen molar-refractivity contribution in [1.29, 1.82) is 0 Å². The van der Waals surface area contributed by atoms with E-state index in [0.29, 0.717) is 16.9 Å². The van der Waals surface area contributed by atoms with E-state index in [-0.39, 0.29) is 23.7 Å². The number of pyridine rings is 1. The number of aryl methyl sites for hydroxylation is 1. The van der Waals surface area contributed by atoms with Crippen LogP contribution in [0.2, 0.25) is 0 Å². The summed E-state index contributed by atoms with van der Waals surface area (Å²) < 4.78 is 1.67. The Morgan fingerprint density at radius 1 is 1.04 bits per heavy atom. The molecular formula is C22H24N4O2. The van der Waals surface area contributed by atoms with Crippen LogP contribution in [0, 0.1) is 6.92 Å². The largest absolute Gasteiger partial charge is 0.348 e. The molecule has 2 amide bonds. The molecule has 0 atom stereocenters. The zero-order chi connectivity index (χ0) is 19.5. The van der Waals surface area contributed by atoms with E-state index in [4.69, 9.17) is 0 Å². The van der Waals surface area contributed by atoms with Crippen molar-refractivity contribution in [3.05, 3.63) is 65.7 Å². The summed E-state index contributed by atoms with van der Waals surface area (Å²) in [5, 5.41) is 5.96. The first-order valence-electron chi connectivity index (χ1n) is 9.78. The van der Waals surface area contributed by atoms with Crippen molar-refractivity contribution in [2.45, 2.75) is 45.1 Å². The third-order valence-corrected chi connectivity index (χ3v) is 5.18. The lowest BCUT2D eigenvalue weighted by Gasteiger charge is -2.22. The van der Waals surface area contributed by atoms with Crippen molar-refractivity contribution < 1.29 is 9.59 Å². The molecule has 1 aliphatic carbocycles. The number of carbonyl (C=O) groups is 2. The highest BCUT2D eigenvalue weighted by molar-refractivity contribution is 6.06. The minimum Gasteiger partial charge on any atom is -0.348 e. The van der Waals surface area contributed by atoms with Gasteiger partial charge in [-0.2, -0.15) is 0 Å². The van der Waals surface area contributed by atoms with Gasteiger partial charge in [-0.05, 0) is 49.6 Å². The van der Waals surface area contributed by atoms with Gasteiger partial charge in [0.2, 0.25) is 5.82 Å². The lowest BCUT2D eigenvalue weighted by Crippen LogP contribution is -2.36. The molecule has 6 nitrogen and oxygen atoms in total. The zero-order valence-electron chi connectivity index (χ0n) is 15.9. The van der Waals surface area contributed by atoms with E-state index in [9.17, 15) is 9.59 Å². The van der Waals surface area contributed by atoms with Crippen LogP contribution in [0.15, 0.2) is 48.7 Å².